The van der Waals surface area contributed by atoms with E-state index in [1.807, 2.05) is 13.1 Å². The lowest BCUT2D eigenvalue weighted by Gasteiger charge is -2.14. The normalized spacial score (nSPS) is 31.0. The van der Waals surface area contributed by atoms with Gasteiger partial charge in [0.1, 0.15) is 0 Å². The first-order chi connectivity index (χ1) is 5.24. The van der Waals surface area contributed by atoms with Gasteiger partial charge in [0, 0.05) is 17.8 Å². The van der Waals surface area contributed by atoms with Crippen LogP contribution in [0.2, 0.25) is 0 Å². The lowest BCUT2D eigenvalue weighted by atomic mass is 9.96. The molecular weight excluding hydrogens is 134 g/mol. The topological polar surface area (TPSA) is 12.4 Å². The minimum atomic E-state index is 0.488. The molecule has 2 unspecified atom stereocenters. The van der Waals surface area contributed by atoms with Gasteiger partial charge in [-0.25, -0.2) is 0 Å². The summed E-state index contributed by atoms with van der Waals surface area (Å²) in [6, 6.07) is 0. The van der Waals surface area contributed by atoms with E-state index >= 15 is 0 Å². The van der Waals surface area contributed by atoms with Crippen LogP contribution in [0.1, 0.15) is 20.8 Å². The fourth-order valence-corrected chi connectivity index (χ4v) is 1.23. The molecular formula is C10H15N. The smallest absolute Gasteiger partial charge is 0.0431 e. The van der Waals surface area contributed by atoms with E-state index in [0.717, 1.165) is 0 Å². The summed E-state index contributed by atoms with van der Waals surface area (Å²) in [4.78, 5) is 4.30. The molecule has 1 rings (SSSR count). The highest BCUT2D eigenvalue weighted by atomic mass is 14.7. The summed E-state index contributed by atoms with van der Waals surface area (Å²) in [7, 11) is 0. The third kappa shape index (κ3) is 2.04. The summed E-state index contributed by atoms with van der Waals surface area (Å²) >= 11 is 0. The minimum absolute atomic E-state index is 0.488. The van der Waals surface area contributed by atoms with Crippen molar-refractivity contribution >= 4 is 6.21 Å². The average Bonchev–Trinajstić information content (AvgIpc) is 1.98. The number of hydrogen-bond acceptors (Lipinski definition) is 1. The molecule has 1 nitrogen and oxygen atoms in total. The summed E-state index contributed by atoms with van der Waals surface area (Å²) in [6.07, 6.45) is 8.51. The molecule has 2 atom stereocenters. The van der Waals surface area contributed by atoms with E-state index in [-0.39, 0.29) is 0 Å². The highest BCUT2D eigenvalue weighted by Crippen LogP contribution is 2.21. The molecule has 0 aromatic heterocycles. The zero-order valence-corrected chi connectivity index (χ0v) is 7.41. The highest BCUT2D eigenvalue weighted by Gasteiger charge is 2.09. The molecule has 60 valence electrons. The van der Waals surface area contributed by atoms with Gasteiger partial charge in [-0.2, -0.15) is 0 Å². The quantitative estimate of drug-likeness (QED) is 0.401. The van der Waals surface area contributed by atoms with Crippen molar-refractivity contribution in [2.45, 2.75) is 20.8 Å². The summed E-state index contributed by atoms with van der Waals surface area (Å²) in [5.41, 5.74) is 1.20. The second-order valence-corrected chi connectivity index (χ2v) is 3.01. The third-order valence-electron chi connectivity index (χ3n) is 1.88. The van der Waals surface area contributed by atoms with E-state index in [1.165, 1.54) is 5.70 Å². The zero-order chi connectivity index (χ0) is 8.27. The van der Waals surface area contributed by atoms with Gasteiger partial charge in [-0.3, -0.25) is 4.99 Å². The SMILES string of the molecule is CC=NC1=CC(C)C=CC1C. The number of rotatable bonds is 1. The Morgan fingerprint density at radius 1 is 1.36 bits per heavy atom. The molecule has 0 saturated heterocycles. The van der Waals surface area contributed by atoms with E-state index in [1.54, 1.807) is 0 Å². The van der Waals surface area contributed by atoms with Crippen LogP contribution in [0.25, 0.3) is 0 Å². The van der Waals surface area contributed by atoms with Crippen molar-refractivity contribution in [1.29, 1.82) is 0 Å². The van der Waals surface area contributed by atoms with Gasteiger partial charge in [-0.15, -0.1) is 0 Å². The highest BCUT2D eigenvalue weighted by molar-refractivity contribution is 5.55. The van der Waals surface area contributed by atoms with Crippen molar-refractivity contribution in [3.05, 3.63) is 23.9 Å². The molecule has 0 aliphatic heterocycles. The Balaban J connectivity index is 2.76. The predicted molar refractivity (Wildman–Crippen MR) is 49.7 cm³/mol. The van der Waals surface area contributed by atoms with Gasteiger partial charge in [0.05, 0.1) is 0 Å². The molecule has 0 aromatic rings. The first kappa shape index (κ1) is 8.25. The van der Waals surface area contributed by atoms with Gasteiger partial charge in [0.2, 0.25) is 0 Å². The van der Waals surface area contributed by atoms with Crippen molar-refractivity contribution in [1.82, 2.24) is 0 Å². The Kier molecular flexibility index (Phi) is 2.64. The molecule has 0 amide bonds. The molecule has 1 aliphatic rings. The largest absolute Gasteiger partial charge is 0.266 e. The monoisotopic (exact) mass is 149 g/mol. The summed E-state index contributed by atoms with van der Waals surface area (Å²) < 4.78 is 0. The summed E-state index contributed by atoms with van der Waals surface area (Å²) in [5.74, 6) is 1.03. The molecule has 1 aliphatic carbocycles. The summed E-state index contributed by atoms with van der Waals surface area (Å²) in [6.45, 7) is 6.30. The first-order valence-corrected chi connectivity index (χ1v) is 4.12. The molecule has 0 heterocycles. The van der Waals surface area contributed by atoms with Gasteiger partial charge in [0.15, 0.2) is 0 Å². The molecule has 0 aromatic carbocycles. The Morgan fingerprint density at radius 2 is 2.09 bits per heavy atom. The molecule has 11 heavy (non-hydrogen) atoms. The van der Waals surface area contributed by atoms with E-state index in [9.17, 15) is 0 Å². The van der Waals surface area contributed by atoms with Crippen molar-refractivity contribution < 1.29 is 0 Å². The maximum atomic E-state index is 4.30. The molecule has 0 spiro atoms. The molecule has 0 fully saturated rings. The summed E-state index contributed by atoms with van der Waals surface area (Å²) in [5, 5.41) is 0. The third-order valence-corrected chi connectivity index (χ3v) is 1.88. The van der Waals surface area contributed by atoms with Crippen molar-refractivity contribution in [3.8, 4) is 0 Å². The molecule has 1 heteroatoms. The van der Waals surface area contributed by atoms with E-state index in [4.69, 9.17) is 0 Å². The Hall–Kier alpha value is -0.850. The standard InChI is InChI=1S/C10H15N/c1-4-11-10-7-8(2)5-6-9(10)3/h4-9H,1-3H3. The Labute approximate surface area is 68.5 Å². The Bertz CT molecular complexity index is 211. The van der Waals surface area contributed by atoms with Gasteiger partial charge < -0.3 is 0 Å². The van der Waals surface area contributed by atoms with Crippen LogP contribution in [0.15, 0.2) is 28.9 Å². The lowest BCUT2D eigenvalue weighted by Crippen LogP contribution is -2.02. The van der Waals surface area contributed by atoms with Gasteiger partial charge >= 0.3 is 0 Å². The van der Waals surface area contributed by atoms with Crippen LogP contribution in [0.5, 0.6) is 0 Å². The van der Waals surface area contributed by atoms with Crippen LogP contribution >= 0.6 is 0 Å². The van der Waals surface area contributed by atoms with E-state index in [0.29, 0.717) is 11.8 Å². The van der Waals surface area contributed by atoms with Crippen LogP contribution in [0, 0.1) is 11.8 Å². The predicted octanol–water partition coefficient (Wildman–Crippen LogP) is 2.80. The van der Waals surface area contributed by atoms with Gasteiger partial charge in [-0.05, 0) is 12.8 Å². The number of hydrogen-bond donors (Lipinski definition) is 0. The molecule has 0 radical (unpaired) electrons. The number of aliphatic imine (C=N–C) groups is 1. The maximum absolute atomic E-state index is 4.30. The minimum Gasteiger partial charge on any atom is -0.266 e. The van der Waals surface area contributed by atoms with Crippen molar-refractivity contribution in [3.63, 3.8) is 0 Å². The van der Waals surface area contributed by atoms with Gasteiger partial charge in [-0.1, -0.05) is 32.1 Å². The van der Waals surface area contributed by atoms with E-state index < -0.39 is 0 Å². The van der Waals surface area contributed by atoms with Crippen LogP contribution in [0.4, 0.5) is 0 Å². The molecule has 0 bridgehead atoms. The number of nitrogens with zero attached hydrogens (tertiary/aromatic N) is 1. The second-order valence-electron chi connectivity index (χ2n) is 3.01. The fraction of sp³-hybridized carbons (Fsp3) is 0.500. The number of allylic oxidation sites excluding steroid dienone is 3. The second kappa shape index (κ2) is 3.51. The fourth-order valence-electron chi connectivity index (χ4n) is 1.23. The van der Waals surface area contributed by atoms with Crippen LogP contribution < -0.4 is 0 Å². The average molecular weight is 149 g/mol. The lowest BCUT2D eigenvalue weighted by molar-refractivity contribution is 0.766. The first-order valence-electron chi connectivity index (χ1n) is 4.12. The maximum Gasteiger partial charge on any atom is 0.0431 e. The van der Waals surface area contributed by atoms with Crippen LogP contribution in [0.3, 0.4) is 0 Å². The van der Waals surface area contributed by atoms with Crippen molar-refractivity contribution in [2.75, 3.05) is 0 Å². The molecule has 0 saturated carbocycles. The van der Waals surface area contributed by atoms with Gasteiger partial charge in [0.25, 0.3) is 0 Å². The zero-order valence-electron chi connectivity index (χ0n) is 7.41. The van der Waals surface area contributed by atoms with Crippen LogP contribution in [-0.2, 0) is 0 Å². The van der Waals surface area contributed by atoms with Crippen LogP contribution in [-0.4, -0.2) is 6.21 Å². The Morgan fingerprint density at radius 3 is 2.73 bits per heavy atom. The molecule has 0 N–H and O–H groups in total. The van der Waals surface area contributed by atoms with E-state index in [2.05, 4.69) is 37.1 Å². The van der Waals surface area contributed by atoms with Crippen molar-refractivity contribution in [2.24, 2.45) is 16.8 Å².